The molecule has 4 heteroatoms. The molecule has 0 aliphatic carbocycles. The fourth-order valence-corrected chi connectivity index (χ4v) is 2.43. The van der Waals surface area contributed by atoms with Crippen molar-refractivity contribution in [3.05, 3.63) is 0 Å². The Bertz CT molecular complexity index is 156. The van der Waals surface area contributed by atoms with E-state index in [-0.39, 0.29) is 6.29 Å². The quantitative estimate of drug-likeness (QED) is 0.433. The molecule has 2 heterocycles. The lowest BCUT2D eigenvalue weighted by atomic mass is 10.5. The number of ether oxygens (including phenoxy) is 1. The Kier molecular flexibility index (Phi) is 1.19. The van der Waals surface area contributed by atoms with Crippen LogP contribution in [0, 0.1) is 0 Å². The highest BCUT2D eigenvalue weighted by molar-refractivity contribution is 7.60. The molecule has 2 saturated heterocycles. The van der Waals surface area contributed by atoms with Gasteiger partial charge in [-0.05, 0) is 6.42 Å². The Morgan fingerprint density at radius 1 is 1.56 bits per heavy atom. The molecular formula is C5H9O3P. The number of epoxide rings is 1. The van der Waals surface area contributed by atoms with Gasteiger partial charge >= 0.3 is 0 Å². The standard InChI is InChI=1S/C5H9O3P/c6-9(2-1-3-9)8-5-4-7-5/h5H,1-4H2. The SMILES string of the molecule is O=P1(OC2CO2)CCC1. The normalized spacial score (nSPS) is 37.6. The number of rotatable bonds is 2. The van der Waals surface area contributed by atoms with Crippen LogP contribution in [0.1, 0.15) is 6.42 Å². The van der Waals surface area contributed by atoms with Crippen LogP contribution in [0.25, 0.3) is 0 Å². The van der Waals surface area contributed by atoms with Gasteiger partial charge in [-0.1, -0.05) is 0 Å². The second-order valence-corrected chi connectivity index (χ2v) is 5.22. The maximum atomic E-state index is 11.2. The van der Waals surface area contributed by atoms with Gasteiger partial charge in [0.25, 0.3) is 0 Å². The summed E-state index contributed by atoms with van der Waals surface area (Å²) in [6.07, 6.45) is 2.49. The Morgan fingerprint density at radius 2 is 2.22 bits per heavy atom. The van der Waals surface area contributed by atoms with Gasteiger partial charge in [0.05, 0.1) is 0 Å². The average Bonchev–Trinajstić information content (AvgIpc) is 2.46. The van der Waals surface area contributed by atoms with Crippen LogP contribution in [-0.4, -0.2) is 25.2 Å². The summed E-state index contributed by atoms with van der Waals surface area (Å²) in [6.45, 7) is 0.643. The van der Waals surface area contributed by atoms with E-state index in [0.717, 1.165) is 18.7 Å². The monoisotopic (exact) mass is 148 g/mol. The molecule has 0 radical (unpaired) electrons. The van der Waals surface area contributed by atoms with Crippen molar-refractivity contribution in [2.45, 2.75) is 12.7 Å². The molecule has 2 fully saturated rings. The van der Waals surface area contributed by atoms with E-state index in [0.29, 0.717) is 6.61 Å². The Morgan fingerprint density at radius 3 is 2.56 bits per heavy atom. The molecule has 0 N–H and O–H groups in total. The van der Waals surface area contributed by atoms with Gasteiger partial charge in [-0.25, -0.2) is 0 Å². The summed E-state index contributed by atoms with van der Waals surface area (Å²) in [4.78, 5) is 0. The molecule has 0 bridgehead atoms. The molecule has 3 nitrogen and oxygen atoms in total. The molecule has 0 amide bonds. The van der Waals surface area contributed by atoms with Crippen LogP contribution in [0.3, 0.4) is 0 Å². The van der Waals surface area contributed by atoms with E-state index in [1.165, 1.54) is 0 Å². The van der Waals surface area contributed by atoms with Crippen LogP contribution in [0.4, 0.5) is 0 Å². The summed E-state index contributed by atoms with van der Waals surface area (Å²) in [6, 6.07) is 0. The van der Waals surface area contributed by atoms with E-state index in [1.54, 1.807) is 0 Å². The van der Waals surface area contributed by atoms with Crippen LogP contribution in [-0.2, 0) is 13.8 Å². The molecule has 1 atom stereocenters. The fourth-order valence-electron chi connectivity index (χ4n) is 0.836. The second-order valence-electron chi connectivity index (χ2n) is 2.48. The van der Waals surface area contributed by atoms with Crippen LogP contribution in [0.5, 0.6) is 0 Å². The minimum absolute atomic E-state index is 0.115. The van der Waals surface area contributed by atoms with Crippen LogP contribution in [0.2, 0.25) is 0 Å². The first kappa shape index (κ1) is 5.90. The van der Waals surface area contributed by atoms with Crippen LogP contribution >= 0.6 is 7.37 Å². The van der Waals surface area contributed by atoms with Crippen molar-refractivity contribution in [1.82, 2.24) is 0 Å². The zero-order valence-electron chi connectivity index (χ0n) is 5.08. The molecule has 52 valence electrons. The zero-order valence-corrected chi connectivity index (χ0v) is 5.97. The van der Waals surface area contributed by atoms with E-state index in [4.69, 9.17) is 9.26 Å². The third kappa shape index (κ3) is 1.18. The van der Waals surface area contributed by atoms with Gasteiger partial charge < -0.3 is 4.74 Å². The van der Waals surface area contributed by atoms with Gasteiger partial charge in [-0.15, -0.1) is 0 Å². The molecule has 2 rings (SSSR count). The lowest BCUT2D eigenvalue weighted by molar-refractivity contribution is 0.178. The van der Waals surface area contributed by atoms with Gasteiger partial charge in [0.1, 0.15) is 6.61 Å². The molecule has 0 aromatic rings. The Labute approximate surface area is 53.8 Å². The minimum Gasteiger partial charge on any atom is -0.345 e. The highest BCUT2D eigenvalue weighted by Crippen LogP contribution is 2.57. The smallest absolute Gasteiger partial charge is 0.205 e. The average molecular weight is 148 g/mol. The molecule has 0 saturated carbocycles. The van der Waals surface area contributed by atoms with Gasteiger partial charge in [0.2, 0.25) is 7.37 Å². The summed E-state index contributed by atoms with van der Waals surface area (Å²) in [5, 5.41) is 0. The first-order valence-electron chi connectivity index (χ1n) is 3.17. The molecule has 9 heavy (non-hydrogen) atoms. The lowest BCUT2D eigenvalue weighted by Crippen LogP contribution is -2.12. The summed E-state index contributed by atoms with van der Waals surface area (Å²) in [7, 11) is -2.11. The van der Waals surface area contributed by atoms with Gasteiger partial charge in [0.15, 0.2) is 6.29 Å². The van der Waals surface area contributed by atoms with Gasteiger partial charge in [-0.2, -0.15) is 0 Å². The third-order valence-corrected chi connectivity index (χ3v) is 4.22. The van der Waals surface area contributed by atoms with Crippen LogP contribution < -0.4 is 0 Å². The summed E-state index contributed by atoms with van der Waals surface area (Å²) in [5.41, 5.74) is 0. The largest absolute Gasteiger partial charge is 0.345 e. The predicted molar refractivity (Wildman–Crippen MR) is 32.8 cm³/mol. The molecule has 1 unspecified atom stereocenters. The van der Waals surface area contributed by atoms with Crippen molar-refractivity contribution in [1.29, 1.82) is 0 Å². The van der Waals surface area contributed by atoms with Crippen molar-refractivity contribution in [2.24, 2.45) is 0 Å². The molecule has 0 aromatic carbocycles. The number of hydrogen-bond donors (Lipinski definition) is 0. The maximum Gasteiger partial charge on any atom is 0.205 e. The lowest BCUT2D eigenvalue weighted by Gasteiger charge is -2.24. The molecular weight excluding hydrogens is 139 g/mol. The van der Waals surface area contributed by atoms with Crippen molar-refractivity contribution in [3.63, 3.8) is 0 Å². The van der Waals surface area contributed by atoms with Crippen molar-refractivity contribution in [2.75, 3.05) is 18.9 Å². The highest BCUT2D eigenvalue weighted by Gasteiger charge is 2.38. The van der Waals surface area contributed by atoms with Crippen LogP contribution in [0.15, 0.2) is 0 Å². The van der Waals surface area contributed by atoms with E-state index in [9.17, 15) is 4.57 Å². The first-order valence-corrected chi connectivity index (χ1v) is 5.16. The van der Waals surface area contributed by atoms with Crippen molar-refractivity contribution < 1.29 is 13.8 Å². The second kappa shape index (κ2) is 1.82. The number of hydrogen-bond acceptors (Lipinski definition) is 3. The van der Waals surface area contributed by atoms with E-state index >= 15 is 0 Å². The van der Waals surface area contributed by atoms with E-state index < -0.39 is 7.37 Å². The molecule has 2 aliphatic heterocycles. The molecule has 0 spiro atoms. The zero-order chi connectivity index (χ0) is 6.32. The van der Waals surface area contributed by atoms with Gasteiger partial charge in [0, 0.05) is 12.3 Å². The van der Waals surface area contributed by atoms with E-state index in [2.05, 4.69) is 0 Å². The Hall–Kier alpha value is 0.150. The van der Waals surface area contributed by atoms with Gasteiger partial charge in [-0.3, -0.25) is 9.09 Å². The summed E-state index contributed by atoms with van der Waals surface area (Å²) >= 11 is 0. The molecule has 2 aliphatic rings. The topological polar surface area (TPSA) is 38.8 Å². The Balaban J connectivity index is 1.88. The summed E-state index contributed by atoms with van der Waals surface area (Å²) < 4.78 is 21.1. The minimum atomic E-state index is -2.11. The van der Waals surface area contributed by atoms with Crippen molar-refractivity contribution >= 4 is 7.37 Å². The molecule has 0 aromatic heterocycles. The van der Waals surface area contributed by atoms with Crippen molar-refractivity contribution in [3.8, 4) is 0 Å². The fraction of sp³-hybridized carbons (Fsp3) is 1.00. The predicted octanol–water partition coefficient (Wildman–Crippen LogP) is 1.04. The first-order chi connectivity index (χ1) is 4.29. The highest BCUT2D eigenvalue weighted by atomic mass is 31.2. The summed E-state index contributed by atoms with van der Waals surface area (Å²) in [5.74, 6) is 0. The van der Waals surface area contributed by atoms with E-state index in [1.807, 2.05) is 0 Å². The maximum absolute atomic E-state index is 11.2. The third-order valence-electron chi connectivity index (χ3n) is 1.61.